The second-order valence-electron chi connectivity index (χ2n) is 11.4. The first kappa shape index (κ1) is 28.8. The standard InChI is InChI=1S/C32H35FN6O4/c1-37(29-3-2-4-31(36-29)43-20-23-6-5-21(17-34)15-26(23)33)24-9-12-38(13-10-24)19-30-35-27-8-7-22(32(40)41)16-28(27)39(30)18-25-11-14-42-25/h2-4,7-8,15-16,24-25H,5-6,9-14,18-20H2,1H3,(H,40,41)/t25-/m0/s1. The number of nitrogens with zero attached hydrogens (tertiary/aromatic N) is 6. The number of likely N-dealkylation sites (tertiary alicyclic amines) is 1. The molecule has 2 aromatic heterocycles. The summed E-state index contributed by atoms with van der Waals surface area (Å²) in [6, 6.07) is 13.1. The molecule has 3 aromatic rings. The van der Waals surface area contributed by atoms with Gasteiger partial charge in [0.2, 0.25) is 5.88 Å². The van der Waals surface area contributed by atoms with E-state index in [-0.39, 0.29) is 24.1 Å². The Morgan fingerprint density at radius 2 is 2.02 bits per heavy atom. The Labute approximate surface area is 249 Å². The number of hydrogen-bond acceptors (Lipinski definition) is 8. The van der Waals surface area contributed by atoms with E-state index in [9.17, 15) is 14.3 Å². The third kappa shape index (κ3) is 6.40. The summed E-state index contributed by atoms with van der Waals surface area (Å²) in [6.45, 7) is 3.99. The largest absolute Gasteiger partial charge is 0.478 e. The molecule has 2 aliphatic heterocycles. The van der Waals surface area contributed by atoms with Gasteiger partial charge in [-0.1, -0.05) is 6.07 Å². The van der Waals surface area contributed by atoms with Gasteiger partial charge in [-0.2, -0.15) is 10.2 Å². The number of carbonyl (C=O) groups is 1. The Bertz CT molecular complexity index is 1610. The predicted octanol–water partition coefficient (Wildman–Crippen LogP) is 4.87. The number of aromatic nitrogens is 3. The van der Waals surface area contributed by atoms with Gasteiger partial charge in [-0.05, 0) is 62.4 Å². The average Bonchev–Trinajstić information content (AvgIpc) is 3.34. The van der Waals surface area contributed by atoms with Crippen LogP contribution in [0, 0.1) is 11.3 Å². The highest BCUT2D eigenvalue weighted by molar-refractivity contribution is 5.92. The average molecular weight is 587 g/mol. The molecule has 224 valence electrons. The molecule has 4 heterocycles. The number of piperidine rings is 1. The van der Waals surface area contributed by atoms with E-state index in [0.29, 0.717) is 49.0 Å². The summed E-state index contributed by atoms with van der Waals surface area (Å²) in [7, 11) is 2.04. The zero-order chi connectivity index (χ0) is 29.9. The van der Waals surface area contributed by atoms with Crippen molar-refractivity contribution in [1.29, 1.82) is 5.26 Å². The van der Waals surface area contributed by atoms with E-state index >= 15 is 0 Å². The Kier molecular flexibility index (Phi) is 8.40. The van der Waals surface area contributed by atoms with Gasteiger partial charge in [-0.3, -0.25) is 4.90 Å². The number of nitriles is 1. The van der Waals surface area contributed by atoms with Gasteiger partial charge in [0.25, 0.3) is 0 Å². The normalized spacial score (nSPS) is 19.6. The van der Waals surface area contributed by atoms with Crippen LogP contribution in [0.4, 0.5) is 10.2 Å². The minimum atomic E-state index is -0.947. The number of ether oxygens (including phenoxy) is 2. The second-order valence-corrected chi connectivity index (χ2v) is 11.4. The van der Waals surface area contributed by atoms with Crippen LogP contribution in [0.3, 0.4) is 0 Å². The number of anilines is 1. The first-order valence-corrected chi connectivity index (χ1v) is 14.7. The monoisotopic (exact) mass is 586 g/mol. The van der Waals surface area contributed by atoms with E-state index in [2.05, 4.69) is 19.4 Å². The fourth-order valence-corrected chi connectivity index (χ4v) is 5.92. The Balaban J connectivity index is 1.08. The van der Waals surface area contributed by atoms with Crippen molar-refractivity contribution in [1.82, 2.24) is 19.4 Å². The molecule has 2 fully saturated rings. The van der Waals surface area contributed by atoms with Crippen LogP contribution in [0.25, 0.3) is 11.0 Å². The van der Waals surface area contributed by atoms with E-state index in [4.69, 9.17) is 19.7 Å². The van der Waals surface area contributed by atoms with E-state index in [1.165, 1.54) is 6.08 Å². The van der Waals surface area contributed by atoms with Crippen molar-refractivity contribution >= 4 is 22.8 Å². The molecule has 0 amide bonds. The predicted molar refractivity (Wildman–Crippen MR) is 159 cm³/mol. The quantitative estimate of drug-likeness (QED) is 0.355. The number of benzene rings is 1. The number of imidazole rings is 1. The highest BCUT2D eigenvalue weighted by atomic mass is 19.1. The molecule has 0 unspecified atom stereocenters. The number of fused-ring (bicyclic) bond motifs is 1. The van der Waals surface area contributed by atoms with Gasteiger partial charge in [0, 0.05) is 50.0 Å². The third-order valence-corrected chi connectivity index (χ3v) is 8.67. The molecule has 0 spiro atoms. The van der Waals surface area contributed by atoms with Crippen molar-refractivity contribution in [2.24, 2.45) is 0 Å². The summed E-state index contributed by atoms with van der Waals surface area (Å²) >= 11 is 0. The van der Waals surface area contributed by atoms with Crippen LogP contribution in [0.15, 0.2) is 59.4 Å². The molecule has 1 aliphatic carbocycles. The first-order chi connectivity index (χ1) is 20.9. The fourth-order valence-electron chi connectivity index (χ4n) is 5.92. The van der Waals surface area contributed by atoms with Crippen LogP contribution in [-0.2, 0) is 17.8 Å². The smallest absolute Gasteiger partial charge is 0.335 e. The van der Waals surface area contributed by atoms with Gasteiger partial charge >= 0.3 is 5.97 Å². The van der Waals surface area contributed by atoms with Crippen LogP contribution < -0.4 is 9.64 Å². The van der Waals surface area contributed by atoms with Gasteiger partial charge in [-0.25, -0.2) is 14.2 Å². The van der Waals surface area contributed by atoms with Gasteiger partial charge in [0.05, 0.1) is 41.9 Å². The lowest BCUT2D eigenvalue weighted by Crippen LogP contribution is -2.43. The van der Waals surface area contributed by atoms with Gasteiger partial charge < -0.3 is 24.0 Å². The number of aromatic carboxylic acids is 1. The van der Waals surface area contributed by atoms with Crippen molar-refractivity contribution in [3.05, 3.63) is 70.8 Å². The maximum Gasteiger partial charge on any atom is 0.335 e. The highest BCUT2D eigenvalue weighted by Crippen LogP contribution is 2.28. The molecule has 10 nitrogen and oxygen atoms in total. The number of rotatable bonds is 10. The van der Waals surface area contributed by atoms with Crippen LogP contribution in [0.2, 0.25) is 0 Å². The summed E-state index contributed by atoms with van der Waals surface area (Å²) < 4.78 is 28.0. The van der Waals surface area contributed by atoms with Gasteiger partial charge in [-0.15, -0.1) is 0 Å². The molecule has 0 radical (unpaired) electrons. The summed E-state index contributed by atoms with van der Waals surface area (Å²) in [4.78, 5) is 25.8. The first-order valence-electron chi connectivity index (χ1n) is 14.7. The molecular formula is C32H35FN6O4. The van der Waals surface area contributed by atoms with Gasteiger partial charge in [0.15, 0.2) is 0 Å². The molecule has 1 N–H and O–H groups in total. The lowest BCUT2D eigenvalue weighted by atomic mass is 9.99. The second kappa shape index (κ2) is 12.5. The molecule has 3 aliphatic rings. The third-order valence-electron chi connectivity index (χ3n) is 8.67. The number of pyridine rings is 1. The lowest BCUT2D eigenvalue weighted by molar-refractivity contribution is -0.0592. The minimum absolute atomic E-state index is 0.106. The van der Waals surface area contributed by atoms with Crippen molar-refractivity contribution in [2.75, 3.05) is 38.3 Å². The topological polar surface area (TPSA) is 117 Å². The number of allylic oxidation sites excluding steroid dienone is 3. The molecule has 6 rings (SSSR count). The summed E-state index contributed by atoms with van der Waals surface area (Å²) in [5.74, 6) is 0.835. The van der Waals surface area contributed by atoms with Crippen LogP contribution in [0.5, 0.6) is 5.88 Å². The number of halogens is 1. The Morgan fingerprint density at radius 1 is 1.21 bits per heavy atom. The van der Waals surface area contributed by atoms with E-state index < -0.39 is 5.97 Å². The molecule has 0 saturated carbocycles. The summed E-state index contributed by atoms with van der Waals surface area (Å²) in [5.41, 5.74) is 2.88. The highest BCUT2D eigenvalue weighted by Gasteiger charge is 2.27. The Morgan fingerprint density at radius 3 is 2.72 bits per heavy atom. The van der Waals surface area contributed by atoms with Crippen molar-refractivity contribution in [3.8, 4) is 11.9 Å². The zero-order valence-corrected chi connectivity index (χ0v) is 24.2. The van der Waals surface area contributed by atoms with E-state index in [1.807, 2.05) is 25.2 Å². The van der Waals surface area contributed by atoms with Crippen LogP contribution in [0.1, 0.15) is 48.3 Å². The molecule has 2 saturated heterocycles. The zero-order valence-electron chi connectivity index (χ0n) is 24.2. The number of hydrogen-bond donors (Lipinski definition) is 1. The van der Waals surface area contributed by atoms with Crippen molar-refractivity contribution in [2.45, 2.75) is 57.3 Å². The maximum absolute atomic E-state index is 14.3. The molecule has 0 bridgehead atoms. The van der Waals surface area contributed by atoms with Crippen LogP contribution in [-0.4, -0.2) is 76.0 Å². The van der Waals surface area contributed by atoms with Crippen molar-refractivity contribution in [3.63, 3.8) is 0 Å². The lowest BCUT2D eigenvalue weighted by Gasteiger charge is -2.37. The minimum Gasteiger partial charge on any atom is -0.478 e. The molecule has 1 atom stereocenters. The van der Waals surface area contributed by atoms with Crippen molar-refractivity contribution < 1.29 is 23.8 Å². The molecule has 1 aromatic carbocycles. The SMILES string of the molecule is CN(c1cccc(OCC2=C(F)C=C(C#N)CC2)n1)C1CCN(Cc2nc3ccc(C(=O)O)cc3n2C[C@@H]2CCO2)CC1. The maximum atomic E-state index is 14.3. The van der Waals surface area contributed by atoms with Crippen LogP contribution >= 0.6 is 0 Å². The summed E-state index contributed by atoms with van der Waals surface area (Å²) in [5, 5.41) is 18.5. The number of carboxylic acid groups (broad SMARTS) is 1. The Hall–Kier alpha value is -4.27. The summed E-state index contributed by atoms with van der Waals surface area (Å²) in [6.07, 6.45) is 5.30. The van der Waals surface area contributed by atoms with E-state index in [1.54, 1.807) is 24.3 Å². The molecular weight excluding hydrogens is 551 g/mol. The fraction of sp³-hybridized carbons (Fsp3) is 0.438. The molecule has 11 heteroatoms. The molecule has 43 heavy (non-hydrogen) atoms. The van der Waals surface area contributed by atoms with E-state index in [0.717, 1.165) is 61.6 Å². The van der Waals surface area contributed by atoms with Gasteiger partial charge in [0.1, 0.15) is 24.1 Å². The number of carboxylic acids is 1.